The van der Waals surface area contributed by atoms with E-state index < -0.39 is 11.9 Å². The number of benzene rings is 2. The fraction of sp³-hybridized carbons (Fsp3) is 0.267. The molecule has 11 nitrogen and oxygen atoms in total. The Bertz CT molecular complexity index is 1700. The molecule has 1 fully saturated rings. The van der Waals surface area contributed by atoms with Crippen molar-refractivity contribution >= 4 is 28.5 Å². The number of piperazine rings is 1. The maximum atomic E-state index is 11.6. The summed E-state index contributed by atoms with van der Waals surface area (Å²) in [7, 11) is 0. The Kier molecular flexibility index (Phi) is 6.92. The molecule has 1 unspecified atom stereocenters. The summed E-state index contributed by atoms with van der Waals surface area (Å²) >= 11 is 0. The average molecular weight is 552 g/mol. The predicted octanol–water partition coefficient (Wildman–Crippen LogP) is 4.60. The fourth-order valence-electron chi connectivity index (χ4n) is 5.14. The number of phenolic OH excluding ortho intramolecular Hbond substituents is 1. The Balaban J connectivity index is 1.13. The van der Waals surface area contributed by atoms with E-state index in [1.807, 2.05) is 38.1 Å². The van der Waals surface area contributed by atoms with Gasteiger partial charge in [0, 0.05) is 66.8 Å². The van der Waals surface area contributed by atoms with E-state index in [-0.39, 0.29) is 11.7 Å². The lowest BCUT2D eigenvalue weighted by Crippen LogP contribution is -2.47. The minimum atomic E-state index is -0.942. The van der Waals surface area contributed by atoms with Gasteiger partial charge in [0.2, 0.25) is 5.95 Å². The van der Waals surface area contributed by atoms with Crippen LogP contribution < -0.4 is 9.80 Å². The summed E-state index contributed by atoms with van der Waals surface area (Å²) in [6.45, 7) is 6.75. The van der Waals surface area contributed by atoms with Crippen LogP contribution in [-0.2, 0) is 4.79 Å². The van der Waals surface area contributed by atoms with E-state index in [0.29, 0.717) is 34.2 Å². The fourth-order valence-corrected chi connectivity index (χ4v) is 5.14. The Morgan fingerprint density at radius 2 is 1.63 bits per heavy atom. The number of fused-ring (bicyclic) bond motifs is 1. The van der Waals surface area contributed by atoms with E-state index in [4.69, 9.17) is 4.52 Å². The molecular weight excluding hydrogens is 522 g/mol. The van der Waals surface area contributed by atoms with Crippen molar-refractivity contribution in [2.24, 2.45) is 5.92 Å². The molecule has 6 rings (SSSR count). The van der Waals surface area contributed by atoms with Gasteiger partial charge in [0.1, 0.15) is 17.4 Å². The van der Waals surface area contributed by atoms with Gasteiger partial charge >= 0.3 is 5.97 Å². The molecule has 41 heavy (non-hydrogen) atoms. The van der Waals surface area contributed by atoms with Crippen LogP contribution in [0.4, 0.5) is 11.6 Å². The summed E-state index contributed by atoms with van der Waals surface area (Å²) in [5.74, 6) is -0.713. The van der Waals surface area contributed by atoms with Gasteiger partial charge in [0.25, 0.3) is 0 Å². The molecule has 1 aliphatic heterocycles. The van der Waals surface area contributed by atoms with Gasteiger partial charge in [-0.25, -0.2) is 9.97 Å². The normalized spacial score (nSPS) is 14.5. The van der Waals surface area contributed by atoms with Gasteiger partial charge in [-0.1, -0.05) is 31.1 Å². The highest BCUT2D eigenvalue weighted by Crippen LogP contribution is 2.31. The second-order valence-electron chi connectivity index (χ2n) is 10.4. The van der Waals surface area contributed by atoms with Gasteiger partial charge in [-0.3, -0.25) is 4.79 Å². The van der Waals surface area contributed by atoms with E-state index in [1.165, 1.54) is 0 Å². The molecular formula is C30H29N7O4. The van der Waals surface area contributed by atoms with Crippen molar-refractivity contribution in [3.05, 3.63) is 72.8 Å². The zero-order valence-electron chi connectivity index (χ0n) is 22.7. The molecule has 3 aromatic heterocycles. The lowest BCUT2D eigenvalue weighted by molar-refractivity contribution is -0.140. The van der Waals surface area contributed by atoms with E-state index in [9.17, 15) is 15.0 Å². The number of phenols is 1. The van der Waals surface area contributed by atoms with Crippen LogP contribution in [0.15, 0.2) is 71.5 Å². The molecule has 1 aliphatic rings. The van der Waals surface area contributed by atoms with E-state index in [2.05, 4.69) is 47.3 Å². The van der Waals surface area contributed by atoms with Crippen LogP contribution in [0.2, 0.25) is 0 Å². The van der Waals surface area contributed by atoms with E-state index in [0.717, 1.165) is 42.8 Å². The highest BCUT2D eigenvalue weighted by Gasteiger charge is 2.28. The van der Waals surface area contributed by atoms with Crippen molar-refractivity contribution in [1.82, 2.24) is 25.3 Å². The quantitative estimate of drug-likeness (QED) is 0.293. The Hall–Kier alpha value is -5.06. The van der Waals surface area contributed by atoms with Crippen molar-refractivity contribution in [1.29, 1.82) is 0 Å². The topological polar surface area (TPSA) is 142 Å². The predicted molar refractivity (Wildman–Crippen MR) is 154 cm³/mol. The number of aromatic hydroxyl groups is 1. The molecule has 5 aromatic rings. The summed E-state index contributed by atoms with van der Waals surface area (Å²) in [5, 5.41) is 33.4. The Labute approximate surface area is 236 Å². The van der Waals surface area contributed by atoms with E-state index >= 15 is 0 Å². The third-order valence-corrected chi connectivity index (χ3v) is 7.38. The molecule has 208 valence electrons. The van der Waals surface area contributed by atoms with Crippen molar-refractivity contribution in [3.8, 4) is 28.3 Å². The number of aliphatic carboxylic acids is 1. The van der Waals surface area contributed by atoms with Crippen LogP contribution in [0.25, 0.3) is 33.4 Å². The van der Waals surface area contributed by atoms with Crippen molar-refractivity contribution in [2.45, 2.75) is 19.8 Å². The van der Waals surface area contributed by atoms with Crippen LogP contribution in [0.1, 0.15) is 25.5 Å². The zero-order valence-corrected chi connectivity index (χ0v) is 22.7. The first kappa shape index (κ1) is 26.2. The molecule has 4 heterocycles. The first-order valence-corrected chi connectivity index (χ1v) is 13.4. The number of carboxylic acids is 1. The summed E-state index contributed by atoms with van der Waals surface area (Å²) < 4.78 is 5.34. The number of carboxylic acid groups (broad SMARTS) is 1. The number of para-hydroxylation sites is 1. The summed E-state index contributed by atoms with van der Waals surface area (Å²) in [6, 6.07) is 16.8. The molecule has 0 saturated carbocycles. The monoisotopic (exact) mass is 551 g/mol. The molecule has 1 saturated heterocycles. The number of hydrogen-bond acceptors (Lipinski definition) is 10. The molecule has 2 N–H and O–H groups in total. The van der Waals surface area contributed by atoms with Crippen LogP contribution in [0.5, 0.6) is 5.75 Å². The van der Waals surface area contributed by atoms with E-state index in [1.54, 1.807) is 30.6 Å². The van der Waals surface area contributed by atoms with Gasteiger partial charge < -0.3 is 24.5 Å². The lowest BCUT2D eigenvalue weighted by atomic mass is 9.93. The Morgan fingerprint density at radius 3 is 2.34 bits per heavy atom. The lowest BCUT2D eigenvalue weighted by Gasteiger charge is -2.36. The van der Waals surface area contributed by atoms with Gasteiger partial charge in [0.15, 0.2) is 5.76 Å². The molecule has 0 amide bonds. The minimum absolute atomic E-state index is 0.130. The SMILES string of the molecule is CC(C)C(C(=O)O)c1cc(-c2cnc(N3CCN(c4ccc5nnc(-c6ccccc6O)cc5c4)CC3)nc2)no1. The summed E-state index contributed by atoms with van der Waals surface area (Å²) in [4.78, 5) is 25.2. The maximum absolute atomic E-state index is 11.6. The number of rotatable bonds is 7. The highest BCUT2D eigenvalue weighted by molar-refractivity contribution is 5.86. The molecule has 2 aromatic carbocycles. The maximum Gasteiger partial charge on any atom is 0.314 e. The second kappa shape index (κ2) is 10.8. The number of nitrogens with zero attached hydrogens (tertiary/aromatic N) is 7. The van der Waals surface area contributed by atoms with Gasteiger partial charge in [-0.05, 0) is 42.3 Å². The summed E-state index contributed by atoms with van der Waals surface area (Å²) in [5.41, 5.74) is 4.33. The van der Waals surface area contributed by atoms with Crippen LogP contribution in [0.3, 0.4) is 0 Å². The number of aromatic nitrogens is 5. The molecule has 0 bridgehead atoms. The first-order chi connectivity index (χ1) is 19.9. The first-order valence-electron chi connectivity index (χ1n) is 13.4. The zero-order chi connectivity index (χ0) is 28.5. The van der Waals surface area contributed by atoms with Crippen LogP contribution in [0, 0.1) is 5.92 Å². The van der Waals surface area contributed by atoms with Gasteiger partial charge in [-0.15, -0.1) is 10.2 Å². The second-order valence-corrected chi connectivity index (χ2v) is 10.4. The van der Waals surface area contributed by atoms with Crippen molar-refractivity contribution in [3.63, 3.8) is 0 Å². The van der Waals surface area contributed by atoms with Crippen molar-refractivity contribution in [2.75, 3.05) is 36.0 Å². The van der Waals surface area contributed by atoms with Crippen molar-refractivity contribution < 1.29 is 19.5 Å². The number of hydrogen-bond donors (Lipinski definition) is 2. The number of anilines is 2. The van der Waals surface area contributed by atoms with Gasteiger partial charge in [-0.2, -0.15) is 0 Å². The highest BCUT2D eigenvalue weighted by atomic mass is 16.5. The summed E-state index contributed by atoms with van der Waals surface area (Å²) in [6.07, 6.45) is 3.38. The van der Waals surface area contributed by atoms with Gasteiger partial charge in [0.05, 0.1) is 11.2 Å². The molecule has 0 aliphatic carbocycles. The molecule has 1 atom stereocenters. The third-order valence-electron chi connectivity index (χ3n) is 7.38. The molecule has 11 heteroatoms. The smallest absolute Gasteiger partial charge is 0.314 e. The third kappa shape index (κ3) is 5.25. The standard InChI is InChI=1S/C30H29N7O4/c1-18(2)28(29(39)40)27-15-24(35-41-27)20-16-31-30(32-17-20)37-11-9-36(10-12-37)21-7-8-23-19(13-21)14-25(34-33-23)22-5-3-4-6-26(22)38/h3-8,13-18,28,38H,9-12H2,1-2H3,(H,39,40). The average Bonchev–Trinajstić information content (AvgIpc) is 3.46. The number of carbonyl (C=O) groups is 1. The van der Waals surface area contributed by atoms with Crippen LogP contribution in [-0.4, -0.2) is 67.7 Å². The minimum Gasteiger partial charge on any atom is -0.507 e. The van der Waals surface area contributed by atoms with Crippen LogP contribution >= 0.6 is 0 Å². The largest absolute Gasteiger partial charge is 0.507 e. The molecule has 0 spiro atoms. The Morgan fingerprint density at radius 1 is 0.902 bits per heavy atom. The molecule has 0 radical (unpaired) electrons.